The van der Waals surface area contributed by atoms with Gasteiger partial charge in [-0.3, -0.25) is 9.59 Å². The Morgan fingerprint density at radius 2 is 2.00 bits per heavy atom. The van der Waals surface area contributed by atoms with Crippen LogP contribution in [0.5, 0.6) is 0 Å². The summed E-state index contributed by atoms with van der Waals surface area (Å²) < 4.78 is 5.33. The van der Waals surface area contributed by atoms with Gasteiger partial charge >= 0.3 is 5.97 Å². The van der Waals surface area contributed by atoms with Crippen LogP contribution >= 0.6 is 0 Å². The lowest BCUT2D eigenvalue weighted by Gasteiger charge is -2.12. The van der Waals surface area contributed by atoms with E-state index in [4.69, 9.17) is 9.84 Å². The molecular formula is C12H23NO4. The Hall–Kier alpha value is -1.10. The summed E-state index contributed by atoms with van der Waals surface area (Å²) in [6.07, 6.45) is 2.99. The number of hydrogen-bond acceptors (Lipinski definition) is 3. The third-order valence-electron chi connectivity index (χ3n) is 2.35. The topological polar surface area (TPSA) is 75.6 Å². The number of hydrogen-bond donors (Lipinski definition) is 2. The SMILES string of the molecule is CCCCOC(C)C(=O)NCCCCC(=O)O. The molecule has 0 aromatic carbocycles. The predicted octanol–water partition coefficient (Wildman–Crippen LogP) is 1.56. The summed E-state index contributed by atoms with van der Waals surface area (Å²) in [6.45, 7) is 4.90. The molecule has 0 spiro atoms. The number of unbranched alkanes of at least 4 members (excludes halogenated alkanes) is 2. The third kappa shape index (κ3) is 9.81. The summed E-state index contributed by atoms with van der Waals surface area (Å²) in [5, 5.41) is 11.1. The van der Waals surface area contributed by atoms with E-state index in [0.29, 0.717) is 26.0 Å². The van der Waals surface area contributed by atoms with Gasteiger partial charge in [0.1, 0.15) is 6.10 Å². The van der Waals surface area contributed by atoms with Gasteiger partial charge in [0.2, 0.25) is 5.91 Å². The fourth-order valence-corrected chi connectivity index (χ4v) is 1.24. The lowest BCUT2D eigenvalue weighted by molar-refractivity contribution is -0.137. The number of aliphatic carboxylic acids is 1. The van der Waals surface area contributed by atoms with Crippen molar-refractivity contribution in [2.75, 3.05) is 13.2 Å². The molecule has 0 heterocycles. The molecule has 0 radical (unpaired) electrons. The number of amides is 1. The van der Waals surface area contributed by atoms with Crippen LogP contribution in [0.15, 0.2) is 0 Å². The first kappa shape index (κ1) is 15.9. The first-order chi connectivity index (χ1) is 8.07. The maximum Gasteiger partial charge on any atom is 0.303 e. The van der Waals surface area contributed by atoms with Gasteiger partial charge in [0.15, 0.2) is 0 Å². The quantitative estimate of drug-likeness (QED) is 0.573. The largest absolute Gasteiger partial charge is 0.481 e. The van der Waals surface area contributed by atoms with Crippen molar-refractivity contribution in [3.63, 3.8) is 0 Å². The van der Waals surface area contributed by atoms with E-state index in [9.17, 15) is 9.59 Å². The Balaban J connectivity index is 3.47. The van der Waals surface area contributed by atoms with Crippen LogP contribution in [0.25, 0.3) is 0 Å². The first-order valence-electron chi connectivity index (χ1n) is 6.19. The van der Waals surface area contributed by atoms with Crippen LogP contribution in [0, 0.1) is 0 Å². The summed E-state index contributed by atoms with van der Waals surface area (Å²) >= 11 is 0. The molecule has 0 aromatic heterocycles. The molecule has 5 nitrogen and oxygen atoms in total. The van der Waals surface area contributed by atoms with E-state index < -0.39 is 12.1 Å². The summed E-state index contributed by atoms with van der Waals surface area (Å²) in [5.41, 5.74) is 0. The van der Waals surface area contributed by atoms with Crippen LogP contribution in [0.4, 0.5) is 0 Å². The fraction of sp³-hybridized carbons (Fsp3) is 0.833. The standard InChI is InChI=1S/C12H23NO4/c1-3-4-9-17-10(2)12(16)13-8-6-5-7-11(14)15/h10H,3-9H2,1-2H3,(H,13,16)(H,14,15). The highest BCUT2D eigenvalue weighted by atomic mass is 16.5. The van der Waals surface area contributed by atoms with Crippen LogP contribution in [0.3, 0.4) is 0 Å². The van der Waals surface area contributed by atoms with Gasteiger partial charge in [0.25, 0.3) is 0 Å². The molecule has 1 amide bonds. The van der Waals surface area contributed by atoms with Crippen molar-refractivity contribution >= 4 is 11.9 Å². The smallest absolute Gasteiger partial charge is 0.303 e. The lowest BCUT2D eigenvalue weighted by atomic mass is 10.2. The average Bonchev–Trinajstić information content (AvgIpc) is 2.28. The normalized spacial score (nSPS) is 12.1. The molecule has 0 bridgehead atoms. The Kier molecular flexibility index (Phi) is 9.43. The van der Waals surface area contributed by atoms with Gasteiger partial charge in [0.05, 0.1) is 0 Å². The van der Waals surface area contributed by atoms with E-state index in [1.54, 1.807) is 6.92 Å². The predicted molar refractivity (Wildman–Crippen MR) is 64.8 cm³/mol. The van der Waals surface area contributed by atoms with E-state index in [0.717, 1.165) is 12.8 Å². The number of nitrogens with one attached hydrogen (secondary N) is 1. The molecule has 0 rings (SSSR count). The van der Waals surface area contributed by atoms with Crippen LogP contribution in [-0.4, -0.2) is 36.2 Å². The van der Waals surface area contributed by atoms with Crippen molar-refractivity contribution in [1.82, 2.24) is 5.32 Å². The molecule has 0 saturated carbocycles. The van der Waals surface area contributed by atoms with Crippen LogP contribution in [0.1, 0.15) is 46.0 Å². The van der Waals surface area contributed by atoms with E-state index in [1.807, 2.05) is 0 Å². The minimum atomic E-state index is -0.799. The molecule has 1 unspecified atom stereocenters. The zero-order valence-corrected chi connectivity index (χ0v) is 10.7. The van der Waals surface area contributed by atoms with Crippen LogP contribution in [0.2, 0.25) is 0 Å². The molecule has 0 aliphatic carbocycles. The highest BCUT2D eigenvalue weighted by Crippen LogP contribution is 1.97. The molecule has 5 heteroatoms. The number of rotatable bonds is 10. The molecular weight excluding hydrogens is 222 g/mol. The highest BCUT2D eigenvalue weighted by molar-refractivity contribution is 5.80. The van der Waals surface area contributed by atoms with Gasteiger partial charge in [-0.25, -0.2) is 0 Å². The third-order valence-corrected chi connectivity index (χ3v) is 2.35. The molecule has 0 aromatic rings. The van der Waals surface area contributed by atoms with Gasteiger partial charge < -0.3 is 15.2 Å². The minimum Gasteiger partial charge on any atom is -0.481 e. The van der Waals surface area contributed by atoms with Gasteiger partial charge in [0, 0.05) is 19.6 Å². The zero-order valence-electron chi connectivity index (χ0n) is 10.7. The van der Waals surface area contributed by atoms with E-state index >= 15 is 0 Å². The number of carbonyl (C=O) groups is 2. The summed E-state index contributed by atoms with van der Waals surface area (Å²) in [7, 11) is 0. The molecule has 100 valence electrons. The monoisotopic (exact) mass is 245 g/mol. The van der Waals surface area contributed by atoms with Crippen molar-refractivity contribution in [2.45, 2.75) is 52.1 Å². The number of carboxylic acid groups (broad SMARTS) is 1. The lowest BCUT2D eigenvalue weighted by Crippen LogP contribution is -2.35. The van der Waals surface area contributed by atoms with Gasteiger partial charge in [-0.15, -0.1) is 0 Å². The van der Waals surface area contributed by atoms with Crippen molar-refractivity contribution < 1.29 is 19.4 Å². The van der Waals surface area contributed by atoms with Crippen molar-refractivity contribution in [2.24, 2.45) is 0 Å². The zero-order chi connectivity index (χ0) is 13.1. The molecule has 17 heavy (non-hydrogen) atoms. The molecule has 0 aliphatic rings. The van der Waals surface area contributed by atoms with Gasteiger partial charge in [-0.1, -0.05) is 13.3 Å². The molecule has 0 aliphatic heterocycles. The van der Waals surface area contributed by atoms with Gasteiger partial charge in [-0.05, 0) is 26.2 Å². The number of ether oxygens (including phenoxy) is 1. The second kappa shape index (κ2) is 10.1. The van der Waals surface area contributed by atoms with Gasteiger partial charge in [-0.2, -0.15) is 0 Å². The van der Waals surface area contributed by atoms with E-state index in [1.165, 1.54) is 0 Å². The molecule has 0 saturated heterocycles. The number of carboxylic acids is 1. The van der Waals surface area contributed by atoms with Crippen molar-refractivity contribution in [1.29, 1.82) is 0 Å². The summed E-state index contributed by atoms with van der Waals surface area (Å²) in [4.78, 5) is 21.7. The summed E-state index contributed by atoms with van der Waals surface area (Å²) in [5.74, 6) is -0.927. The summed E-state index contributed by atoms with van der Waals surface area (Å²) in [6, 6.07) is 0. The Labute approximate surface area is 103 Å². The Bertz CT molecular complexity index is 231. The van der Waals surface area contributed by atoms with Crippen molar-refractivity contribution in [3.05, 3.63) is 0 Å². The first-order valence-corrected chi connectivity index (χ1v) is 6.19. The minimum absolute atomic E-state index is 0.128. The highest BCUT2D eigenvalue weighted by Gasteiger charge is 2.11. The van der Waals surface area contributed by atoms with Crippen LogP contribution < -0.4 is 5.32 Å². The van der Waals surface area contributed by atoms with Crippen LogP contribution in [-0.2, 0) is 14.3 Å². The average molecular weight is 245 g/mol. The molecule has 0 fully saturated rings. The Morgan fingerprint density at radius 3 is 2.59 bits per heavy atom. The second-order valence-electron chi connectivity index (χ2n) is 4.01. The molecule has 1 atom stereocenters. The fourth-order valence-electron chi connectivity index (χ4n) is 1.24. The van der Waals surface area contributed by atoms with Crippen molar-refractivity contribution in [3.8, 4) is 0 Å². The van der Waals surface area contributed by atoms with E-state index in [2.05, 4.69) is 12.2 Å². The second-order valence-corrected chi connectivity index (χ2v) is 4.01. The van der Waals surface area contributed by atoms with E-state index in [-0.39, 0.29) is 12.3 Å². The molecule has 2 N–H and O–H groups in total. The maximum atomic E-state index is 11.5. The maximum absolute atomic E-state index is 11.5. The number of carbonyl (C=O) groups excluding carboxylic acids is 1. The Morgan fingerprint density at radius 1 is 1.29 bits per heavy atom.